The van der Waals surface area contributed by atoms with Crippen LogP contribution in [0.4, 0.5) is 0 Å². The number of nitrogens with one attached hydrogen (secondary N) is 1. The Balaban J connectivity index is 2.39. The summed E-state index contributed by atoms with van der Waals surface area (Å²) in [5.41, 5.74) is 0.00551. The van der Waals surface area contributed by atoms with Crippen molar-refractivity contribution in [2.24, 2.45) is 0 Å². The summed E-state index contributed by atoms with van der Waals surface area (Å²) in [6.45, 7) is 5.75. The molecule has 4 nitrogen and oxygen atoms in total. The Hall–Kier alpha value is -1.16. The number of aromatic nitrogens is 2. The SMILES string of the molecule is CCC(C)NCCn1cnccc1=O. The van der Waals surface area contributed by atoms with Crippen LogP contribution in [0.3, 0.4) is 0 Å². The highest BCUT2D eigenvalue weighted by atomic mass is 16.1. The van der Waals surface area contributed by atoms with Crippen LogP contribution in [0.15, 0.2) is 23.4 Å². The minimum absolute atomic E-state index is 0.00551. The van der Waals surface area contributed by atoms with Crippen LogP contribution in [0.5, 0.6) is 0 Å². The molecule has 0 aliphatic rings. The second kappa shape index (κ2) is 5.54. The van der Waals surface area contributed by atoms with Gasteiger partial charge in [0, 0.05) is 31.4 Å². The molecule has 0 saturated heterocycles. The van der Waals surface area contributed by atoms with Crippen molar-refractivity contribution in [1.82, 2.24) is 14.9 Å². The first-order valence-corrected chi connectivity index (χ1v) is 4.98. The van der Waals surface area contributed by atoms with E-state index in [-0.39, 0.29) is 5.56 Å². The Kier molecular flexibility index (Phi) is 4.32. The van der Waals surface area contributed by atoms with Crippen LogP contribution in [-0.2, 0) is 6.54 Å². The van der Waals surface area contributed by atoms with Gasteiger partial charge < -0.3 is 5.32 Å². The first kappa shape index (κ1) is 10.9. The maximum Gasteiger partial charge on any atom is 0.253 e. The Labute approximate surface area is 84.0 Å². The van der Waals surface area contributed by atoms with E-state index in [4.69, 9.17) is 0 Å². The Morgan fingerprint density at radius 1 is 1.64 bits per heavy atom. The zero-order valence-corrected chi connectivity index (χ0v) is 8.73. The first-order valence-electron chi connectivity index (χ1n) is 4.98. The van der Waals surface area contributed by atoms with E-state index in [1.165, 1.54) is 12.3 Å². The summed E-state index contributed by atoms with van der Waals surface area (Å²) in [5, 5.41) is 3.32. The minimum Gasteiger partial charge on any atom is -0.312 e. The van der Waals surface area contributed by atoms with Crippen molar-refractivity contribution in [3.8, 4) is 0 Å². The van der Waals surface area contributed by atoms with Gasteiger partial charge in [0.25, 0.3) is 5.56 Å². The summed E-state index contributed by atoms with van der Waals surface area (Å²) < 4.78 is 1.61. The lowest BCUT2D eigenvalue weighted by atomic mass is 10.2. The van der Waals surface area contributed by atoms with Crippen LogP contribution in [-0.4, -0.2) is 22.1 Å². The smallest absolute Gasteiger partial charge is 0.253 e. The van der Waals surface area contributed by atoms with Gasteiger partial charge >= 0.3 is 0 Å². The molecule has 0 radical (unpaired) electrons. The summed E-state index contributed by atoms with van der Waals surface area (Å²) >= 11 is 0. The summed E-state index contributed by atoms with van der Waals surface area (Å²) in [7, 11) is 0. The predicted molar refractivity (Wildman–Crippen MR) is 56.3 cm³/mol. The molecule has 1 rings (SSSR count). The molecule has 1 N–H and O–H groups in total. The van der Waals surface area contributed by atoms with E-state index in [2.05, 4.69) is 24.1 Å². The lowest BCUT2D eigenvalue weighted by Gasteiger charge is -2.11. The van der Waals surface area contributed by atoms with Gasteiger partial charge in [-0.25, -0.2) is 4.98 Å². The predicted octanol–water partition coefficient (Wildman–Crippen LogP) is 0.631. The molecule has 14 heavy (non-hydrogen) atoms. The third-order valence-corrected chi connectivity index (χ3v) is 2.25. The van der Waals surface area contributed by atoms with E-state index in [1.807, 2.05) is 0 Å². The van der Waals surface area contributed by atoms with Gasteiger partial charge in [-0.2, -0.15) is 0 Å². The van der Waals surface area contributed by atoms with Crippen molar-refractivity contribution in [2.75, 3.05) is 6.54 Å². The van der Waals surface area contributed by atoms with Gasteiger partial charge in [0.1, 0.15) is 0 Å². The van der Waals surface area contributed by atoms with E-state index >= 15 is 0 Å². The molecule has 0 saturated carbocycles. The highest BCUT2D eigenvalue weighted by Gasteiger charge is 1.97. The van der Waals surface area contributed by atoms with Crippen molar-refractivity contribution in [3.63, 3.8) is 0 Å². The molecule has 0 aliphatic carbocycles. The van der Waals surface area contributed by atoms with E-state index in [9.17, 15) is 4.79 Å². The molecule has 0 bridgehead atoms. The van der Waals surface area contributed by atoms with E-state index in [0.29, 0.717) is 12.6 Å². The zero-order valence-electron chi connectivity index (χ0n) is 8.73. The van der Waals surface area contributed by atoms with Gasteiger partial charge in [0.05, 0.1) is 6.33 Å². The topological polar surface area (TPSA) is 46.9 Å². The minimum atomic E-state index is 0.00551. The second-order valence-corrected chi connectivity index (χ2v) is 3.38. The van der Waals surface area contributed by atoms with Crippen LogP contribution >= 0.6 is 0 Å². The maximum absolute atomic E-state index is 11.3. The molecule has 1 aromatic heterocycles. The number of hydrogen-bond acceptors (Lipinski definition) is 3. The van der Waals surface area contributed by atoms with Crippen molar-refractivity contribution in [3.05, 3.63) is 28.9 Å². The van der Waals surface area contributed by atoms with Gasteiger partial charge in [0.15, 0.2) is 0 Å². The molecule has 1 unspecified atom stereocenters. The summed E-state index contributed by atoms with van der Waals surface area (Å²) in [6, 6.07) is 1.98. The van der Waals surface area contributed by atoms with Gasteiger partial charge in [-0.05, 0) is 13.3 Å². The van der Waals surface area contributed by atoms with Crippen LogP contribution in [0.1, 0.15) is 20.3 Å². The standard InChI is InChI=1S/C10H17N3O/c1-3-9(2)12-6-7-13-8-11-5-4-10(13)14/h4-5,8-9,12H,3,6-7H2,1-2H3. The lowest BCUT2D eigenvalue weighted by molar-refractivity contribution is 0.497. The quantitative estimate of drug-likeness (QED) is 0.749. The van der Waals surface area contributed by atoms with Crippen LogP contribution in [0.25, 0.3) is 0 Å². The molecule has 0 aliphatic heterocycles. The summed E-state index contributed by atoms with van der Waals surface area (Å²) in [6.07, 6.45) is 4.18. The van der Waals surface area contributed by atoms with E-state index in [0.717, 1.165) is 13.0 Å². The Morgan fingerprint density at radius 3 is 3.07 bits per heavy atom. The molecule has 0 aromatic carbocycles. The Bertz CT molecular complexity index is 321. The molecule has 1 heterocycles. The number of nitrogens with zero attached hydrogens (tertiary/aromatic N) is 2. The number of rotatable bonds is 5. The van der Waals surface area contributed by atoms with Gasteiger partial charge in [0.2, 0.25) is 0 Å². The largest absolute Gasteiger partial charge is 0.312 e. The molecular weight excluding hydrogens is 178 g/mol. The lowest BCUT2D eigenvalue weighted by Crippen LogP contribution is -2.31. The Morgan fingerprint density at radius 2 is 2.43 bits per heavy atom. The molecule has 0 amide bonds. The van der Waals surface area contributed by atoms with Gasteiger partial charge in [-0.15, -0.1) is 0 Å². The highest BCUT2D eigenvalue weighted by Crippen LogP contribution is 1.86. The average Bonchev–Trinajstić information content (AvgIpc) is 2.20. The van der Waals surface area contributed by atoms with Crippen molar-refractivity contribution < 1.29 is 0 Å². The van der Waals surface area contributed by atoms with Crippen LogP contribution < -0.4 is 10.9 Å². The van der Waals surface area contributed by atoms with E-state index in [1.54, 1.807) is 10.9 Å². The fourth-order valence-electron chi connectivity index (χ4n) is 1.12. The van der Waals surface area contributed by atoms with Crippen molar-refractivity contribution >= 4 is 0 Å². The van der Waals surface area contributed by atoms with Crippen molar-refractivity contribution in [2.45, 2.75) is 32.9 Å². The third-order valence-electron chi connectivity index (χ3n) is 2.25. The average molecular weight is 195 g/mol. The van der Waals surface area contributed by atoms with Crippen LogP contribution in [0, 0.1) is 0 Å². The number of hydrogen-bond donors (Lipinski definition) is 1. The molecule has 0 fully saturated rings. The molecule has 4 heteroatoms. The normalized spacial score (nSPS) is 12.7. The molecule has 78 valence electrons. The zero-order chi connectivity index (χ0) is 10.4. The first-order chi connectivity index (χ1) is 6.74. The van der Waals surface area contributed by atoms with Gasteiger partial charge in [-0.1, -0.05) is 6.92 Å². The monoisotopic (exact) mass is 195 g/mol. The maximum atomic E-state index is 11.3. The fourth-order valence-corrected chi connectivity index (χ4v) is 1.12. The fraction of sp³-hybridized carbons (Fsp3) is 0.600. The summed E-state index contributed by atoms with van der Waals surface area (Å²) in [5.74, 6) is 0. The van der Waals surface area contributed by atoms with E-state index < -0.39 is 0 Å². The third kappa shape index (κ3) is 3.30. The molecule has 0 spiro atoms. The molecular formula is C10H17N3O. The second-order valence-electron chi connectivity index (χ2n) is 3.38. The van der Waals surface area contributed by atoms with Gasteiger partial charge in [-0.3, -0.25) is 9.36 Å². The summed E-state index contributed by atoms with van der Waals surface area (Å²) in [4.78, 5) is 15.2. The molecule has 1 atom stereocenters. The van der Waals surface area contributed by atoms with Crippen LogP contribution in [0.2, 0.25) is 0 Å². The van der Waals surface area contributed by atoms with Crippen molar-refractivity contribution in [1.29, 1.82) is 0 Å². The molecule has 1 aromatic rings. The highest BCUT2D eigenvalue weighted by molar-refractivity contribution is 4.82.